The Bertz CT molecular complexity index is 737. The summed E-state index contributed by atoms with van der Waals surface area (Å²) in [6.07, 6.45) is 2.35. The predicted molar refractivity (Wildman–Crippen MR) is 95.5 cm³/mol. The van der Waals surface area contributed by atoms with Crippen molar-refractivity contribution in [3.8, 4) is 5.75 Å². The lowest BCUT2D eigenvalue weighted by atomic mass is 10.2. The van der Waals surface area contributed by atoms with Crippen LogP contribution in [-0.4, -0.2) is 22.3 Å². The number of ether oxygens (including phenoxy) is 1. The van der Waals surface area contributed by atoms with Crippen LogP contribution in [0.3, 0.4) is 0 Å². The third kappa shape index (κ3) is 5.28. The molecule has 0 unspecified atom stereocenters. The summed E-state index contributed by atoms with van der Waals surface area (Å²) in [6.45, 7) is 2.68. The summed E-state index contributed by atoms with van der Waals surface area (Å²) in [5.74, 6) is 0.522. The molecule has 2 rings (SSSR count). The quantitative estimate of drug-likeness (QED) is 0.812. The Morgan fingerprint density at radius 1 is 1.38 bits per heavy atom. The number of nitrogens with zero attached hydrogens (tertiary/aromatic N) is 2. The van der Waals surface area contributed by atoms with Gasteiger partial charge in [-0.3, -0.25) is 9.48 Å². The van der Waals surface area contributed by atoms with Gasteiger partial charge in [0.25, 0.3) is 5.91 Å². The Hall–Kier alpha value is -1.98. The summed E-state index contributed by atoms with van der Waals surface area (Å²) < 4.78 is 7.27. The van der Waals surface area contributed by atoms with Crippen molar-refractivity contribution < 1.29 is 9.53 Å². The first kappa shape index (κ1) is 18.4. The maximum absolute atomic E-state index is 12.3. The number of rotatable bonds is 7. The molecule has 0 bridgehead atoms. The van der Waals surface area contributed by atoms with Crippen LogP contribution in [0, 0.1) is 0 Å². The average Bonchev–Trinajstić information content (AvgIpc) is 2.94. The molecule has 1 aromatic carbocycles. The van der Waals surface area contributed by atoms with E-state index in [0.717, 1.165) is 17.7 Å². The van der Waals surface area contributed by atoms with Crippen LogP contribution in [-0.2, 0) is 20.0 Å². The standard InChI is InChI=1S/C17H19Cl2N3O2/c1-3-13-10-15(22(2)21-13)17(23)20-11-12-5-4-6-14(9-12)24-8-7-16(18)19/h4-7,9-10H,3,8,11H2,1-2H3,(H,20,23). The van der Waals surface area contributed by atoms with Crippen molar-refractivity contribution in [2.75, 3.05) is 6.61 Å². The van der Waals surface area contributed by atoms with Gasteiger partial charge in [0.15, 0.2) is 0 Å². The largest absolute Gasteiger partial charge is 0.489 e. The van der Waals surface area contributed by atoms with Crippen molar-refractivity contribution in [1.29, 1.82) is 0 Å². The minimum absolute atomic E-state index is 0.159. The lowest BCUT2D eigenvalue weighted by Crippen LogP contribution is -2.25. The molecule has 0 fully saturated rings. The lowest BCUT2D eigenvalue weighted by Gasteiger charge is -2.08. The molecule has 0 aliphatic rings. The zero-order valence-corrected chi connectivity index (χ0v) is 15.1. The van der Waals surface area contributed by atoms with Gasteiger partial charge in [-0.15, -0.1) is 0 Å². The molecule has 5 nitrogen and oxygen atoms in total. The van der Waals surface area contributed by atoms with Crippen molar-refractivity contribution >= 4 is 29.1 Å². The second kappa shape index (κ2) is 8.76. The third-order valence-electron chi connectivity index (χ3n) is 3.36. The Morgan fingerprint density at radius 2 is 2.17 bits per heavy atom. The van der Waals surface area contributed by atoms with Crippen LogP contribution in [0.2, 0.25) is 0 Å². The van der Waals surface area contributed by atoms with Crippen LogP contribution in [0.15, 0.2) is 40.9 Å². The topological polar surface area (TPSA) is 56.1 Å². The molecule has 0 atom stereocenters. The molecule has 1 heterocycles. The van der Waals surface area contributed by atoms with E-state index in [1.165, 1.54) is 0 Å². The van der Waals surface area contributed by atoms with E-state index in [4.69, 9.17) is 27.9 Å². The van der Waals surface area contributed by atoms with Crippen LogP contribution in [0.25, 0.3) is 0 Å². The second-order valence-corrected chi connectivity index (χ2v) is 6.14. The smallest absolute Gasteiger partial charge is 0.269 e. The monoisotopic (exact) mass is 367 g/mol. The van der Waals surface area contributed by atoms with E-state index in [1.807, 2.05) is 31.2 Å². The van der Waals surface area contributed by atoms with Crippen LogP contribution >= 0.6 is 23.2 Å². The number of aryl methyl sites for hydroxylation is 2. The number of benzene rings is 1. The molecule has 0 spiro atoms. The fraction of sp³-hybridized carbons (Fsp3) is 0.294. The van der Waals surface area contributed by atoms with Gasteiger partial charge in [-0.2, -0.15) is 5.10 Å². The van der Waals surface area contributed by atoms with E-state index >= 15 is 0 Å². The van der Waals surface area contributed by atoms with E-state index < -0.39 is 0 Å². The van der Waals surface area contributed by atoms with Crippen LogP contribution in [0.1, 0.15) is 28.7 Å². The highest BCUT2D eigenvalue weighted by atomic mass is 35.5. The van der Waals surface area contributed by atoms with Gasteiger partial charge in [-0.05, 0) is 36.3 Å². The van der Waals surface area contributed by atoms with Gasteiger partial charge >= 0.3 is 0 Å². The molecule has 2 aromatic rings. The number of amides is 1. The van der Waals surface area contributed by atoms with Crippen LogP contribution < -0.4 is 10.1 Å². The molecule has 1 N–H and O–H groups in total. The third-order valence-corrected chi connectivity index (χ3v) is 3.67. The van der Waals surface area contributed by atoms with Gasteiger partial charge in [-0.1, -0.05) is 42.3 Å². The fourth-order valence-corrected chi connectivity index (χ4v) is 2.26. The van der Waals surface area contributed by atoms with Gasteiger partial charge in [0, 0.05) is 13.6 Å². The van der Waals surface area contributed by atoms with Crippen LogP contribution in [0.4, 0.5) is 0 Å². The maximum Gasteiger partial charge on any atom is 0.269 e. The average molecular weight is 368 g/mol. The predicted octanol–water partition coefficient (Wildman–Crippen LogP) is 3.61. The molecular formula is C17H19Cl2N3O2. The first-order chi connectivity index (χ1) is 11.5. The second-order valence-electron chi connectivity index (χ2n) is 5.13. The first-order valence-corrected chi connectivity index (χ1v) is 8.29. The first-order valence-electron chi connectivity index (χ1n) is 7.53. The molecule has 7 heteroatoms. The summed E-state index contributed by atoms with van der Waals surface area (Å²) in [4.78, 5) is 12.3. The molecular weight excluding hydrogens is 349 g/mol. The number of hydrogen-bond donors (Lipinski definition) is 1. The van der Waals surface area contributed by atoms with E-state index in [1.54, 1.807) is 23.9 Å². The number of aromatic nitrogens is 2. The van der Waals surface area contributed by atoms with Crippen molar-refractivity contribution in [3.63, 3.8) is 0 Å². The molecule has 0 aliphatic carbocycles. The molecule has 0 aliphatic heterocycles. The number of carbonyl (C=O) groups excluding carboxylic acids is 1. The fourth-order valence-electron chi connectivity index (χ4n) is 2.13. The Labute approximate surface area is 151 Å². The minimum atomic E-state index is -0.159. The summed E-state index contributed by atoms with van der Waals surface area (Å²) in [6, 6.07) is 9.27. The van der Waals surface area contributed by atoms with Crippen LogP contribution in [0.5, 0.6) is 5.75 Å². The van der Waals surface area contributed by atoms with E-state index in [-0.39, 0.29) is 17.0 Å². The van der Waals surface area contributed by atoms with Crippen molar-refractivity contribution in [2.24, 2.45) is 7.05 Å². The highest BCUT2D eigenvalue weighted by molar-refractivity contribution is 6.55. The SMILES string of the molecule is CCc1cc(C(=O)NCc2cccc(OCC=C(Cl)Cl)c2)n(C)n1. The van der Waals surface area contributed by atoms with Gasteiger partial charge in [-0.25, -0.2) is 0 Å². The summed E-state index contributed by atoms with van der Waals surface area (Å²) >= 11 is 11.1. The molecule has 0 saturated carbocycles. The zero-order valence-electron chi connectivity index (χ0n) is 13.6. The number of nitrogens with one attached hydrogen (secondary N) is 1. The van der Waals surface area contributed by atoms with E-state index in [2.05, 4.69) is 10.4 Å². The molecule has 1 aromatic heterocycles. The molecule has 24 heavy (non-hydrogen) atoms. The molecule has 128 valence electrons. The van der Waals surface area contributed by atoms with Gasteiger partial charge < -0.3 is 10.1 Å². The van der Waals surface area contributed by atoms with Gasteiger partial charge in [0.05, 0.1) is 5.69 Å². The maximum atomic E-state index is 12.3. The summed E-state index contributed by atoms with van der Waals surface area (Å²) in [5, 5.41) is 7.16. The highest BCUT2D eigenvalue weighted by Gasteiger charge is 2.12. The molecule has 0 radical (unpaired) electrons. The Morgan fingerprint density at radius 3 is 2.83 bits per heavy atom. The molecule has 0 saturated heterocycles. The zero-order chi connectivity index (χ0) is 17.5. The molecule has 1 amide bonds. The van der Waals surface area contributed by atoms with E-state index in [9.17, 15) is 4.79 Å². The van der Waals surface area contributed by atoms with Crippen molar-refractivity contribution in [3.05, 3.63) is 57.9 Å². The normalized spacial score (nSPS) is 10.3. The number of hydrogen-bond acceptors (Lipinski definition) is 3. The van der Waals surface area contributed by atoms with Gasteiger partial charge in [0.2, 0.25) is 0 Å². The summed E-state index contributed by atoms with van der Waals surface area (Å²) in [5.41, 5.74) is 2.37. The Balaban J connectivity index is 1.95. The lowest BCUT2D eigenvalue weighted by molar-refractivity contribution is 0.0941. The van der Waals surface area contributed by atoms with Crippen molar-refractivity contribution in [2.45, 2.75) is 19.9 Å². The number of halogens is 2. The Kier molecular flexibility index (Phi) is 6.70. The summed E-state index contributed by atoms with van der Waals surface area (Å²) in [7, 11) is 1.76. The van der Waals surface area contributed by atoms with Crippen molar-refractivity contribution in [1.82, 2.24) is 15.1 Å². The minimum Gasteiger partial charge on any atom is -0.489 e. The van der Waals surface area contributed by atoms with E-state index in [0.29, 0.717) is 18.0 Å². The highest BCUT2D eigenvalue weighted by Crippen LogP contribution is 2.14. The number of carbonyl (C=O) groups is 1. The van der Waals surface area contributed by atoms with Gasteiger partial charge in [0.1, 0.15) is 22.5 Å².